The lowest BCUT2D eigenvalue weighted by Gasteiger charge is -2.28. The first-order valence-corrected chi connectivity index (χ1v) is 11.3. The van der Waals surface area contributed by atoms with Crippen molar-refractivity contribution in [2.75, 3.05) is 4.90 Å². The van der Waals surface area contributed by atoms with E-state index in [9.17, 15) is 19.8 Å². The van der Waals surface area contributed by atoms with Gasteiger partial charge in [-0.05, 0) is 41.0 Å². The molecule has 0 radical (unpaired) electrons. The van der Waals surface area contributed by atoms with Gasteiger partial charge >= 0.3 is 5.97 Å². The van der Waals surface area contributed by atoms with Gasteiger partial charge in [0, 0.05) is 13.6 Å². The van der Waals surface area contributed by atoms with Crippen molar-refractivity contribution in [1.29, 1.82) is 0 Å². The minimum atomic E-state index is -1.02. The highest BCUT2D eigenvalue weighted by Gasteiger charge is 2.35. The second kappa shape index (κ2) is 8.09. The number of anilines is 1. The lowest BCUT2D eigenvalue weighted by atomic mass is 9.96. The summed E-state index contributed by atoms with van der Waals surface area (Å²) in [6, 6.07) is 21.3. The maximum atomic E-state index is 13.1. The molecule has 1 atom stereocenters. The minimum absolute atomic E-state index is 0.0359. The van der Waals surface area contributed by atoms with Gasteiger partial charge in [0.05, 0.1) is 11.6 Å². The van der Waals surface area contributed by atoms with Crippen LogP contribution in [0.5, 0.6) is 5.75 Å². The number of hydrogen-bond acceptors (Lipinski definition) is 7. The molecule has 3 aromatic carbocycles. The Labute approximate surface area is 204 Å². The highest BCUT2D eigenvalue weighted by Crippen LogP contribution is 2.42. The van der Waals surface area contributed by atoms with E-state index < -0.39 is 23.3 Å². The molecule has 9 nitrogen and oxygen atoms in total. The Morgan fingerprint density at radius 2 is 1.78 bits per heavy atom. The molecule has 2 N–H and O–H groups in total. The summed E-state index contributed by atoms with van der Waals surface area (Å²) in [4.78, 5) is 35.8. The van der Waals surface area contributed by atoms with E-state index in [1.54, 1.807) is 36.4 Å². The van der Waals surface area contributed by atoms with Crippen LogP contribution < -0.4 is 10.5 Å². The van der Waals surface area contributed by atoms with Crippen LogP contribution in [0.3, 0.4) is 0 Å². The number of hydrogen-bond donors (Lipinski definition) is 2. The number of aromatic carboxylic acids is 1. The van der Waals surface area contributed by atoms with Crippen LogP contribution in [0.25, 0.3) is 22.7 Å². The first kappa shape index (κ1) is 21.6. The highest BCUT2D eigenvalue weighted by atomic mass is 16.4. The average Bonchev–Trinajstić information content (AvgIpc) is 3.49. The molecule has 0 aliphatic carbocycles. The summed E-state index contributed by atoms with van der Waals surface area (Å²) in [5, 5.41) is 20.3. The van der Waals surface area contributed by atoms with E-state index >= 15 is 0 Å². The number of carboxylic acid groups (broad SMARTS) is 1. The number of carboxylic acids is 1. The van der Waals surface area contributed by atoms with Crippen LogP contribution in [0, 0.1) is 0 Å². The van der Waals surface area contributed by atoms with E-state index in [0.717, 1.165) is 16.7 Å². The third-order valence-corrected chi connectivity index (χ3v) is 6.45. The number of aromatic hydroxyl groups is 1. The van der Waals surface area contributed by atoms with E-state index in [1.165, 1.54) is 11.6 Å². The van der Waals surface area contributed by atoms with Crippen molar-refractivity contribution in [2.45, 2.75) is 12.6 Å². The fraction of sp³-hybridized carbons (Fsp3) is 0.111. The third kappa shape index (κ3) is 3.32. The number of fused-ring (bicyclic) bond motifs is 2. The number of nitrogens with zero attached hydrogens (tertiary/aromatic N) is 4. The summed E-state index contributed by atoms with van der Waals surface area (Å²) in [6.07, 6.45) is 0. The summed E-state index contributed by atoms with van der Waals surface area (Å²) in [5.41, 5.74) is 3.19. The van der Waals surface area contributed by atoms with Crippen LogP contribution in [0.2, 0.25) is 0 Å². The minimum Gasteiger partial charge on any atom is -0.501 e. The van der Waals surface area contributed by atoms with Crippen molar-refractivity contribution >= 4 is 23.0 Å². The van der Waals surface area contributed by atoms with E-state index in [0.29, 0.717) is 17.6 Å². The molecule has 1 aliphatic rings. The summed E-state index contributed by atoms with van der Waals surface area (Å²) >= 11 is 0. The smallest absolute Gasteiger partial charge is 0.335 e. The lowest BCUT2D eigenvalue weighted by Crippen LogP contribution is -2.31. The zero-order chi connectivity index (χ0) is 25.0. The zero-order valence-corrected chi connectivity index (χ0v) is 19.1. The first-order chi connectivity index (χ1) is 17.4. The van der Waals surface area contributed by atoms with Gasteiger partial charge in [-0.1, -0.05) is 48.5 Å². The Balaban J connectivity index is 1.55. The number of aromatic nitrogens is 3. The van der Waals surface area contributed by atoms with Crippen LogP contribution in [0.15, 0.2) is 82.0 Å². The Bertz CT molecular complexity index is 1670. The second-order valence-electron chi connectivity index (χ2n) is 8.62. The summed E-state index contributed by atoms with van der Waals surface area (Å²) in [5.74, 6) is -1.25. The van der Waals surface area contributed by atoms with Crippen molar-refractivity contribution in [1.82, 2.24) is 14.5 Å². The van der Waals surface area contributed by atoms with Crippen molar-refractivity contribution in [3.63, 3.8) is 0 Å². The van der Waals surface area contributed by atoms with Gasteiger partial charge < -0.3 is 19.5 Å². The Morgan fingerprint density at radius 3 is 2.53 bits per heavy atom. The fourth-order valence-electron chi connectivity index (χ4n) is 4.71. The average molecular weight is 480 g/mol. The SMILES string of the molecule is Cn1c(N2Cc3ccc(C(=O)O)cc3[C@H]2c2ccccc2)nc(-c2nc3ccccc3o2)c(O)c1=O. The third-order valence-electron chi connectivity index (χ3n) is 6.45. The molecule has 3 heterocycles. The van der Waals surface area contributed by atoms with Gasteiger partial charge in [0.2, 0.25) is 11.7 Å². The molecule has 178 valence electrons. The zero-order valence-electron chi connectivity index (χ0n) is 19.1. The van der Waals surface area contributed by atoms with Gasteiger partial charge in [0.1, 0.15) is 5.52 Å². The molecule has 0 spiro atoms. The molecule has 6 rings (SSSR count). The molecule has 36 heavy (non-hydrogen) atoms. The van der Waals surface area contributed by atoms with E-state index in [2.05, 4.69) is 9.97 Å². The highest BCUT2D eigenvalue weighted by molar-refractivity contribution is 5.88. The molecule has 0 saturated heterocycles. The molecule has 9 heteroatoms. The van der Waals surface area contributed by atoms with Crippen LogP contribution in [0.4, 0.5) is 5.95 Å². The monoisotopic (exact) mass is 480 g/mol. The van der Waals surface area contributed by atoms with Gasteiger partial charge in [0.15, 0.2) is 11.3 Å². The number of benzene rings is 3. The van der Waals surface area contributed by atoms with Crippen molar-refractivity contribution in [3.8, 4) is 17.3 Å². The van der Waals surface area contributed by atoms with E-state index in [-0.39, 0.29) is 23.1 Å². The fourth-order valence-corrected chi connectivity index (χ4v) is 4.71. The Morgan fingerprint density at radius 1 is 1.03 bits per heavy atom. The van der Waals surface area contributed by atoms with Crippen molar-refractivity contribution in [3.05, 3.63) is 105 Å². The molecule has 0 saturated carbocycles. The van der Waals surface area contributed by atoms with Gasteiger partial charge in [-0.3, -0.25) is 9.36 Å². The predicted molar refractivity (Wildman–Crippen MR) is 132 cm³/mol. The molecular weight excluding hydrogens is 460 g/mol. The van der Waals surface area contributed by atoms with Gasteiger partial charge in [-0.25, -0.2) is 14.8 Å². The predicted octanol–water partition coefficient (Wildman–Crippen LogP) is 4.10. The van der Waals surface area contributed by atoms with Crippen LogP contribution in [-0.4, -0.2) is 30.7 Å². The molecule has 5 aromatic rings. The largest absolute Gasteiger partial charge is 0.501 e. The second-order valence-corrected chi connectivity index (χ2v) is 8.62. The maximum absolute atomic E-state index is 13.1. The molecular formula is C27H20N4O5. The molecule has 0 amide bonds. The molecule has 0 unspecified atom stereocenters. The Kier molecular flexibility index (Phi) is 4.85. The van der Waals surface area contributed by atoms with Crippen molar-refractivity contribution < 1.29 is 19.4 Å². The maximum Gasteiger partial charge on any atom is 0.335 e. The lowest BCUT2D eigenvalue weighted by molar-refractivity contribution is 0.0696. The summed E-state index contributed by atoms with van der Waals surface area (Å²) in [6.45, 7) is 0.382. The molecule has 0 bridgehead atoms. The van der Waals surface area contributed by atoms with E-state index in [1.807, 2.05) is 41.3 Å². The van der Waals surface area contributed by atoms with E-state index in [4.69, 9.17) is 4.42 Å². The first-order valence-electron chi connectivity index (χ1n) is 11.3. The van der Waals surface area contributed by atoms with Gasteiger partial charge in [-0.15, -0.1) is 0 Å². The molecule has 2 aromatic heterocycles. The van der Waals surface area contributed by atoms with Gasteiger partial charge in [-0.2, -0.15) is 0 Å². The molecule has 0 fully saturated rings. The van der Waals surface area contributed by atoms with Crippen molar-refractivity contribution in [2.24, 2.45) is 7.05 Å². The number of oxazole rings is 1. The standard InChI is InChI=1S/C27H20N4O5/c1-30-25(33)23(32)21(24-28-19-9-5-6-10-20(19)36-24)29-27(30)31-14-17-12-11-16(26(34)35)13-18(17)22(31)15-7-3-2-4-8-15/h2-13,22,32H,14H2,1H3,(H,34,35)/t22-/m1/s1. The quantitative estimate of drug-likeness (QED) is 0.394. The summed E-state index contributed by atoms with van der Waals surface area (Å²) in [7, 11) is 1.54. The number of para-hydroxylation sites is 2. The normalized spacial score (nSPS) is 14.8. The number of carbonyl (C=O) groups is 1. The van der Waals surface area contributed by atoms with Gasteiger partial charge in [0.25, 0.3) is 11.4 Å². The summed E-state index contributed by atoms with van der Waals surface area (Å²) < 4.78 is 7.08. The van der Waals surface area contributed by atoms with Crippen LogP contribution in [0.1, 0.15) is 33.1 Å². The topological polar surface area (TPSA) is 122 Å². The number of rotatable bonds is 4. The van der Waals surface area contributed by atoms with Crippen LogP contribution in [-0.2, 0) is 13.6 Å². The Hall–Kier alpha value is -4.92. The molecule has 1 aliphatic heterocycles. The van der Waals surface area contributed by atoms with Crippen LogP contribution >= 0.6 is 0 Å².